The second-order valence-corrected chi connectivity index (χ2v) is 3.05. The highest BCUT2D eigenvalue weighted by Gasteiger charge is 2.19. The van der Waals surface area contributed by atoms with Crippen molar-refractivity contribution in [2.75, 3.05) is 26.7 Å². The van der Waals surface area contributed by atoms with Gasteiger partial charge in [0.1, 0.15) is 0 Å². The summed E-state index contributed by atoms with van der Waals surface area (Å²) in [6, 6.07) is 0. The number of methoxy groups -OCH3 is 1. The largest absolute Gasteiger partial charge is 0.468 e. The number of piperidine rings is 1. The zero-order valence-corrected chi connectivity index (χ0v) is 7.28. The first-order chi connectivity index (χ1) is 5.72. The maximum atomic E-state index is 10.9. The van der Waals surface area contributed by atoms with Crippen LogP contribution in [0.25, 0.3) is 0 Å². The number of hydrogen-bond acceptors (Lipinski definition) is 3. The minimum absolute atomic E-state index is 0.223. The first kappa shape index (κ1) is 9.48. The van der Waals surface area contributed by atoms with Gasteiger partial charge in [-0.15, -0.1) is 0 Å². The average molecular weight is 172 g/mol. The van der Waals surface area contributed by atoms with Crippen molar-refractivity contribution in [2.24, 2.45) is 0 Å². The van der Waals surface area contributed by atoms with Gasteiger partial charge >= 0.3 is 5.97 Å². The molecule has 1 saturated heterocycles. The molecule has 0 aromatic rings. The summed E-state index contributed by atoms with van der Waals surface area (Å²) in [4.78, 5) is 12.8. The molecule has 1 aliphatic heterocycles. The average Bonchev–Trinajstić information content (AvgIpc) is 2.09. The molecule has 0 aliphatic carbocycles. The Labute approximate surface area is 72.1 Å². The molecule has 1 heterocycles. The van der Waals surface area contributed by atoms with Crippen LogP contribution in [-0.4, -0.2) is 43.7 Å². The highest BCUT2D eigenvalue weighted by atomic mass is 16.5. The highest BCUT2D eigenvalue weighted by Crippen LogP contribution is 2.09. The van der Waals surface area contributed by atoms with E-state index in [1.165, 1.54) is 7.11 Å². The van der Waals surface area contributed by atoms with E-state index in [-0.39, 0.29) is 5.97 Å². The lowest BCUT2D eigenvalue weighted by Crippen LogP contribution is -2.38. The van der Waals surface area contributed by atoms with Crippen LogP contribution in [0.3, 0.4) is 0 Å². The number of likely N-dealkylation sites (tertiary alicyclic amines) is 1. The van der Waals surface area contributed by atoms with Gasteiger partial charge in [0.15, 0.2) is 0 Å². The van der Waals surface area contributed by atoms with Gasteiger partial charge in [0.05, 0.1) is 19.8 Å². The monoisotopic (exact) mass is 172 g/mol. The van der Waals surface area contributed by atoms with Gasteiger partial charge < -0.3 is 4.74 Å². The topological polar surface area (TPSA) is 49.4 Å². The van der Waals surface area contributed by atoms with Crippen LogP contribution in [0.2, 0.25) is 0 Å². The maximum Gasteiger partial charge on any atom is 0.319 e. The van der Waals surface area contributed by atoms with E-state index in [4.69, 9.17) is 0 Å². The summed E-state index contributed by atoms with van der Waals surface area (Å²) in [5, 5.41) is 10.9. The zero-order chi connectivity index (χ0) is 8.97. The summed E-state index contributed by atoms with van der Waals surface area (Å²) in [5.41, 5.74) is 0. The number of esters is 1. The Kier molecular flexibility index (Phi) is 3.49. The van der Waals surface area contributed by atoms with E-state index >= 15 is 0 Å². The van der Waals surface area contributed by atoms with Crippen molar-refractivity contribution in [2.45, 2.75) is 18.9 Å². The van der Waals surface area contributed by atoms with Crippen LogP contribution in [0.1, 0.15) is 12.8 Å². The van der Waals surface area contributed by atoms with Gasteiger partial charge in [-0.1, -0.05) is 0 Å². The predicted molar refractivity (Wildman–Crippen MR) is 42.2 cm³/mol. The molecule has 0 atom stereocenters. The third kappa shape index (κ3) is 2.79. The highest BCUT2D eigenvalue weighted by molar-refractivity contribution is 5.71. The summed E-state index contributed by atoms with van der Waals surface area (Å²) < 4.78 is 4.52. The molecular weight excluding hydrogens is 158 g/mol. The molecule has 0 saturated carbocycles. The SMILES string of the molecule is COC(=O)CN1CCC([O])CC1. The number of ether oxygens (including phenoxy) is 1. The fraction of sp³-hybridized carbons (Fsp3) is 0.875. The number of carbonyl (C=O) groups is 1. The summed E-state index contributed by atoms with van der Waals surface area (Å²) in [6.07, 6.45) is 0.868. The molecule has 0 aromatic carbocycles. The Hall–Kier alpha value is -0.610. The molecule has 1 fully saturated rings. The van der Waals surface area contributed by atoms with Gasteiger partial charge in [-0.05, 0) is 12.8 Å². The van der Waals surface area contributed by atoms with Gasteiger partial charge in [0.25, 0.3) is 0 Å². The van der Waals surface area contributed by atoms with Crippen LogP contribution >= 0.6 is 0 Å². The first-order valence-corrected chi connectivity index (χ1v) is 4.17. The Balaban J connectivity index is 2.21. The van der Waals surface area contributed by atoms with Crippen molar-refractivity contribution in [3.63, 3.8) is 0 Å². The van der Waals surface area contributed by atoms with Gasteiger partial charge in [-0.3, -0.25) is 9.69 Å². The molecule has 1 rings (SSSR count). The first-order valence-electron chi connectivity index (χ1n) is 4.17. The quantitative estimate of drug-likeness (QED) is 0.553. The summed E-state index contributed by atoms with van der Waals surface area (Å²) in [5.74, 6) is -0.223. The lowest BCUT2D eigenvalue weighted by Gasteiger charge is -2.27. The number of carbonyl (C=O) groups excluding carboxylic acids is 1. The summed E-state index contributed by atoms with van der Waals surface area (Å²) in [6.45, 7) is 1.77. The number of hydrogen-bond donors (Lipinski definition) is 0. The lowest BCUT2D eigenvalue weighted by atomic mass is 10.1. The molecule has 0 spiro atoms. The molecule has 0 aromatic heterocycles. The minimum Gasteiger partial charge on any atom is -0.468 e. The van der Waals surface area contributed by atoms with Gasteiger partial charge in [-0.25, -0.2) is 5.11 Å². The maximum absolute atomic E-state index is 10.9. The summed E-state index contributed by atoms with van der Waals surface area (Å²) >= 11 is 0. The molecule has 69 valence electrons. The third-order valence-corrected chi connectivity index (χ3v) is 2.11. The van der Waals surface area contributed by atoms with E-state index in [0.717, 1.165) is 13.1 Å². The molecular formula is C8H14NO3. The van der Waals surface area contributed by atoms with Crippen LogP contribution < -0.4 is 0 Å². The normalized spacial score (nSPS) is 20.8. The second kappa shape index (κ2) is 4.42. The van der Waals surface area contributed by atoms with Crippen LogP contribution in [0.15, 0.2) is 0 Å². The molecule has 12 heavy (non-hydrogen) atoms. The standard InChI is InChI=1S/C8H14NO3/c1-12-8(11)6-9-4-2-7(10)3-5-9/h7H,2-6H2,1H3. The Bertz CT molecular complexity index is 152. The number of rotatable bonds is 2. The molecule has 0 unspecified atom stereocenters. The van der Waals surface area contributed by atoms with Crippen LogP contribution in [0.5, 0.6) is 0 Å². The predicted octanol–water partition coefficient (Wildman–Crippen LogP) is 0.0543. The molecule has 0 bridgehead atoms. The fourth-order valence-corrected chi connectivity index (χ4v) is 1.31. The van der Waals surface area contributed by atoms with Gasteiger partial charge in [-0.2, -0.15) is 0 Å². The Morgan fingerprint density at radius 2 is 2.08 bits per heavy atom. The van der Waals surface area contributed by atoms with Crippen molar-refractivity contribution in [3.8, 4) is 0 Å². The Morgan fingerprint density at radius 1 is 1.50 bits per heavy atom. The lowest BCUT2D eigenvalue weighted by molar-refractivity contribution is -0.142. The van der Waals surface area contributed by atoms with Crippen LogP contribution in [-0.2, 0) is 14.6 Å². The van der Waals surface area contributed by atoms with Crippen molar-refractivity contribution in [1.29, 1.82) is 0 Å². The van der Waals surface area contributed by atoms with Crippen molar-refractivity contribution < 1.29 is 14.6 Å². The molecule has 0 amide bonds. The molecule has 1 aliphatic rings. The van der Waals surface area contributed by atoms with Gasteiger partial charge in [0, 0.05) is 13.1 Å². The van der Waals surface area contributed by atoms with E-state index in [1.807, 2.05) is 4.90 Å². The number of nitrogens with zero attached hydrogens (tertiary/aromatic N) is 1. The fourth-order valence-electron chi connectivity index (χ4n) is 1.31. The summed E-state index contributed by atoms with van der Waals surface area (Å²) in [7, 11) is 1.38. The smallest absolute Gasteiger partial charge is 0.319 e. The molecule has 4 nitrogen and oxygen atoms in total. The van der Waals surface area contributed by atoms with Crippen molar-refractivity contribution in [3.05, 3.63) is 0 Å². The third-order valence-electron chi connectivity index (χ3n) is 2.11. The van der Waals surface area contributed by atoms with Crippen LogP contribution in [0.4, 0.5) is 0 Å². The van der Waals surface area contributed by atoms with Gasteiger partial charge in [0.2, 0.25) is 0 Å². The van der Waals surface area contributed by atoms with E-state index in [1.54, 1.807) is 0 Å². The second-order valence-electron chi connectivity index (χ2n) is 3.05. The van der Waals surface area contributed by atoms with E-state index < -0.39 is 6.10 Å². The van der Waals surface area contributed by atoms with Crippen LogP contribution in [0, 0.1) is 0 Å². The molecule has 1 radical (unpaired) electrons. The van der Waals surface area contributed by atoms with Crippen molar-refractivity contribution in [1.82, 2.24) is 4.90 Å². The zero-order valence-electron chi connectivity index (χ0n) is 7.28. The molecule has 0 N–H and O–H groups in total. The van der Waals surface area contributed by atoms with E-state index in [0.29, 0.717) is 19.4 Å². The minimum atomic E-state index is -0.432. The van der Waals surface area contributed by atoms with Crippen molar-refractivity contribution >= 4 is 5.97 Å². The van der Waals surface area contributed by atoms with E-state index in [2.05, 4.69) is 4.74 Å². The Morgan fingerprint density at radius 3 is 2.58 bits per heavy atom. The van der Waals surface area contributed by atoms with E-state index in [9.17, 15) is 9.90 Å². The molecule has 4 heteroatoms.